The minimum atomic E-state index is 0.0955. The number of para-hydroxylation sites is 1. The number of carbonyl (C=O) groups excluding carboxylic acids is 1. The molecule has 5 heteroatoms. The van der Waals surface area contributed by atoms with Crippen LogP contribution in [0.2, 0.25) is 0 Å². The van der Waals surface area contributed by atoms with E-state index >= 15 is 0 Å². The van der Waals surface area contributed by atoms with Crippen LogP contribution in [0, 0.1) is 0 Å². The van der Waals surface area contributed by atoms with E-state index in [0.29, 0.717) is 19.4 Å². The lowest BCUT2D eigenvalue weighted by Gasteiger charge is -2.16. The second kappa shape index (κ2) is 10.4. The van der Waals surface area contributed by atoms with E-state index in [2.05, 4.69) is 46.6 Å². The molecule has 1 aromatic heterocycles. The van der Waals surface area contributed by atoms with E-state index in [9.17, 15) is 4.79 Å². The molecule has 1 heterocycles. The van der Waals surface area contributed by atoms with Crippen LogP contribution in [0.5, 0.6) is 0 Å². The average molecular weight is 377 g/mol. The van der Waals surface area contributed by atoms with E-state index in [4.69, 9.17) is 0 Å². The molecular weight excluding hydrogens is 348 g/mol. The maximum absolute atomic E-state index is 12.1. The van der Waals surface area contributed by atoms with E-state index in [1.54, 1.807) is 0 Å². The van der Waals surface area contributed by atoms with E-state index in [1.807, 2.05) is 53.5 Å². The first-order valence-corrected chi connectivity index (χ1v) is 9.79. The molecule has 0 fully saturated rings. The molecular formula is C23H28N4O. The summed E-state index contributed by atoms with van der Waals surface area (Å²) in [4.78, 5) is 14.4. The third-order valence-corrected chi connectivity index (χ3v) is 4.63. The zero-order chi connectivity index (χ0) is 19.6. The summed E-state index contributed by atoms with van der Waals surface area (Å²) in [6.45, 7) is 2.60. The predicted octanol–water partition coefficient (Wildman–Crippen LogP) is 3.44. The highest BCUT2D eigenvalue weighted by molar-refractivity contribution is 5.76. The van der Waals surface area contributed by atoms with Crippen molar-refractivity contribution in [1.82, 2.24) is 20.0 Å². The first kappa shape index (κ1) is 19.8. The molecule has 0 atom stereocenters. The quantitative estimate of drug-likeness (QED) is 0.552. The molecule has 0 saturated heterocycles. The molecule has 28 heavy (non-hydrogen) atoms. The van der Waals surface area contributed by atoms with Crippen LogP contribution in [0.3, 0.4) is 0 Å². The van der Waals surface area contributed by atoms with Crippen LogP contribution >= 0.6 is 0 Å². The van der Waals surface area contributed by atoms with Gasteiger partial charge in [0.05, 0.1) is 11.9 Å². The lowest BCUT2D eigenvalue weighted by molar-refractivity contribution is -0.121. The van der Waals surface area contributed by atoms with Crippen molar-refractivity contribution in [3.05, 3.63) is 84.2 Å². The van der Waals surface area contributed by atoms with Gasteiger partial charge in [0.25, 0.3) is 0 Å². The van der Waals surface area contributed by atoms with Crippen LogP contribution in [0.1, 0.15) is 24.0 Å². The third-order valence-electron chi connectivity index (χ3n) is 4.63. The summed E-state index contributed by atoms with van der Waals surface area (Å²) in [6.07, 6.45) is 5.95. The highest BCUT2D eigenvalue weighted by Crippen LogP contribution is 2.09. The van der Waals surface area contributed by atoms with Crippen molar-refractivity contribution in [3.8, 4) is 5.69 Å². The normalized spacial score (nSPS) is 10.9. The Kier molecular flexibility index (Phi) is 7.38. The number of carbonyl (C=O) groups is 1. The molecule has 0 aliphatic carbocycles. The smallest absolute Gasteiger partial charge is 0.220 e. The number of benzene rings is 2. The van der Waals surface area contributed by atoms with Crippen molar-refractivity contribution in [1.29, 1.82) is 0 Å². The van der Waals surface area contributed by atoms with Crippen LogP contribution < -0.4 is 5.32 Å². The van der Waals surface area contributed by atoms with E-state index in [0.717, 1.165) is 30.8 Å². The Balaban J connectivity index is 1.31. The fraction of sp³-hybridized carbons (Fsp3) is 0.304. The van der Waals surface area contributed by atoms with Gasteiger partial charge in [-0.25, -0.2) is 4.68 Å². The first-order chi connectivity index (χ1) is 13.7. The highest BCUT2D eigenvalue weighted by Gasteiger charge is 2.06. The molecule has 0 spiro atoms. The second-order valence-electron chi connectivity index (χ2n) is 7.06. The van der Waals surface area contributed by atoms with E-state index < -0.39 is 0 Å². The molecule has 146 valence electrons. The van der Waals surface area contributed by atoms with Gasteiger partial charge >= 0.3 is 0 Å². The molecule has 0 aliphatic rings. The van der Waals surface area contributed by atoms with E-state index in [-0.39, 0.29) is 5.91 Å². The number of nitrogens with one attached hydrogen (secondary N) is 1. The van der Waals surface area contributed by atoms with Crippen molar-refractivity contribution in [2.75, 3.05) is 20.1 Å². The minimum Gasteiger partial charge on any atom is -0.356 e. The van der Waals surface area contributed by atoms with Crippen molar-refractivity contribution in [3.63, 3.8) is 0 Å². The molecule has 3 rings (SSSR count). The minimum absolute atomic E-state index is 0.0955. The zero-order valence-corrected chi connectivity index (χ0v) is 16.4. The zero-order valence-electron chi connectivity index (χ0n) is 16.4. The largest absolute Gasteiger partial charge is 0.356 e. The molecule has 2 aromatic carbocycles. The Bertz CT molecular complexity index is 845. The van der Waals surface area contributed by atoms with Gasteiger partial charge in [-0.3, -0.25) is 4.79 Å². The highest BCUT2D eigenvalue weighted by atomic mass is 16.1. The molecule has 5 nitrogen and oxygen atoms in total. The van der Waals surface area contributed by atoms with Crippen molar-refractivity contribution >= 4 is 5.91 Å². The van der Waals surface area contributed by atoms with Crippen LogP contribution in [0.4, 0.5) is 0 Å². The Hall–Kier alpha value is -2.92. The Morgan fingerprint density at radius 3 is 2.50 bits per heavy atom. The Labute approximate surface area is 167 Å². The average Bonchev–Trinajstić information content (AvgIpc) is 3.20. The third kappa shape index (κ3) is 6.35. The summed E-state index contributed by atoms with van der Waals surface area (Å²) in [6, 6.07) is 20.4. The van der Waals surface area contributed by atoms with Gasteiger partial charge < -0.3 is 10.2 Å². The van der Waals surface area contributed by atoms with Gasteiger partial charge in [0.2, 0.25) is 5.91 Å². The first-order valence-electron chi connectivity index (χ1n) is 9.79. The number of amides is 1. The SMILES string of the molecule is CN(CCCNC(=O)CCc1cnn(-c2ccccc2)c1)Cc1ccccc1. The molecule has 0 saturated carbocycles. The summed E-state index contributed by atoms with van der Waals surface area (Å²) < 4.78 is 1.84. The van der Waals surface area contributed by atoms with Crippen molar-refractivity contribution in [2.24, 2.45) is 0 Å². The molecule has 0 aliphatic heterocycles. The fourth-order valence-electron chi connectivity index (χ4n) is 3.11. The summed E-state index contributed by atoms with van der Waals surface area (Å²) in [5, 5.41) is 7.39. The summed E-state index contributed by atoms with van der Waals surface area (Å²) in [5.41, 5.74) is 3.41. The van der Waals surface area contributed by atoms with Gasteiger partial charge in [0.1, 0.15) is 0 Å². The lowest BCUT2D eigenvalue weighted by Crippen LogP contribution is -2.28. The van der Waals surface area contributed by atoms with Gasteiger partial charge in [-0.1, -0.05) is 48.5 Å². The molecule has 1 N–H and O–H groups in total. The molecule has 1 amide bonds. The monoisotopic (exact) mass is 376 g/mol. The summed E-state index contributed by atoms with van der Waals surface area (Å²) in [7, 11) is 2.11. The number of rotatable bonds is 10. The number of aryl methyl sites for hydroxylation is 1. The van der Waals surface area contributed by atoms with Crippen LogP contribution in [0.25, 0.3) is 5.69 Å². The maximum Gasteiger partial charge on any atom is 0.220 e. The van der Waals surface area contributed by atoms with Gasteiger partial charge in [-0.2, -0.15) is 5.10 Å². The Morgan fingerprint density at radius 2 is 1.75 bits per heavy atom. The van der Waals surface area contributed by atoms with Crippen molar-refractivity contribution < 1.29 is 4.79 Å². The molecule has 0 bridgehead atoms. The predicted molar refractivity (Wildman–Crippen MR) is 112 cm³/mol. The molecule has 0 unspecified atom stereocenters. The number of hydrogen-bond acceptors (Lipinski definition) is 3. The van der Waals surface area contributed by atoms with Crippen LogP contribution in [0.15, 0.2) is 73.1 Å². The molecule has 3 aromatic rings. The van der Waals surface area contributed by atoms with Gasteiger partial charge in [0.15, 0.2) is 0 Å². The summed E-state index contributed by atoms with van der Waals surface area (Å²) >= 11 is 0. The molecule has 0 radical (unpaired) electrons. The number of aromatic nitrogens is 2. The maximum atomic E-state index is 12.1. The van der Waals surface area contributed by atoms with Crippen LogP contribution in [-0.4, -0.2) is 40.7 Å². The standard InChI is InChI=1S/C23H28N4O/c1-26(18-20-9-4-2-5-10-20)16-8-15-24-23(28)14-13-21-17-25-27(19-21)22-11-6-3-7-12-22/h2-7,9-12,17,19H,8,13-16,18H2,1H3,(H,24,28). The second-order valence-corrected chi connectivity index (χ2v) is 7.06. The topological polar surface area (TPSA) is 50.2 Å². The van der Waals surface area contributed by atoms with Gasteiger partial charge in [0, 0.05) is 25.7 Å². The number of nitrogens with zero attached hydrogens (tertiary/aromatic N) is 3. The summed E-state index contributed by atoms with van der Waals surface area (Å²) in [5.74, 6) is 0.0955. The van der Waals surface area contributed by atoms with Gasteiger partial charge in [-0.15, -0.1) is 0 Å². The fourth-order valence-corrected chi connectivity index (χ4v) is 3.11. The van der Waals surface area contributed by atoms with Gasteiger partial charge in [-0.05, 0) is 49.7 Å². The Morgan fingerprint density at radius 1 is 1.04 bits per heavy atom. The lowest BCUT2D eigenvalue weighted by atomic mass is 10.2. The van der Waals surface area contributed by atoms with Crippen molar-refractivity contribution in [2.45, 2.75) is 25.8 Å². The van der Waals surface area contributed by atoms with Crippen LogP contribution in [-0.2, 0) is 17.8 Å². The number of hydrogen-bond donors (Lipinski definition) is 1. The van der Waals surface area contributed by atoms with E-state index in [1.165, 1.54) is 5.56 Å².